The van der Waals surface area contributed by atoms with Gasteiger partial charge in [0.15, 0.2) is 0 Å². The molecule has 0 aromatic heterocycles. The highest BCUT2D eigenvalue weighted by Gasteiger charge is 2.51. The first-order valence-electron chi connectivity index (χ1n) is 23.0. The number of carbonyl (C=O) groups is 8. The second-order valence-electron chi connectivity index (χ2n) is 17.4. The number of fused-ring (bicyclic) bond motifs is 1. The van der Waals surface area contributed by atoms with Crippen molar-refractivity contribution in [1.82, 2.24) is 31.1 Å². The smallest absolute Gasteiger partial charge is 0.312 e. The molecule has 19 nitrogen and oxygen atoms in total. The van der Waals surface area contributed by atoms with Crippen molar-refractivity contribution in [3.63, 3.8) is 0 Å². The summed E-state index contributed by atoms with van der Waals surface area (Å²) in [5.74, 6) is -2.63. The molecule has 1 saturated carbocycles. The molecule has 9 amide bonds. The van der Waals surface area contributed by atoms with Crippen molar-refractivity contribution in [2.45, 2.75) is 109 Å². The van der Waals surface area contributed by atoms with Crippen LogP contribution in [0.4, 0.5) is 16.2 Å². The molecule has 360 valence electrons. The molecule has 3 aliphatic rings. The van der Waals surface area contributed by atoms with Crippen molar-refractivity contribution < 1.29 is 43.5 Å². The number of unbranched alkanes of at least 4 members (excludes halogenated alkanes) is 2. The third kappa shape index (κ3) is 14.3. The van der Waals surface area contributed by atoms with Gasteiger partial charge >= 0.3 is 6.03 Å². The van der Waals surface area contributed by atoms with E-state index in [0.29, 0.717) is 73.1 Å². The number of hydrogen-bond donors (Lipinski definition) is 8. The van der Waals surface area contributed by atoms with Gasteiger partial charge in [-0.2, -0.15) is 0 Å². The standard InChI is InChI=1S/C48H64N10O9/c1-4-21-57(23-24-59)45(65)33-26-32-14-15-34(28-37(32)54-38(49)27-33)48(18-19-48)46(66)52-29-31-10-8-11-35(25-31)53-43(63)36(12-9-20-51-47(50)67)55-44(64)42(30(2)3)56-39(60)13-6-5-7-22-58-40(61)16-17-41(58)62/h8,10-11,14-17,25-26,28,30,36,42,59H,4-7,9,12-13,18-24,27,29H2,1-3H3,(H2,49,54)(H,52,66)(H,53,63)(H,55,64)(H,56,60)(H3,50,51,67)/t36-,42-/m0/s1. The first-order valence-corrected chi connectivity index (χ1v) is 23.0. The summed E-state index contributed by atoms with van der Waals surface area (Å²) in [4.78, 5) is 110. The van der Waals surface area contributed by atoms with Gasteiger partial charge in [-0.05, 0) is 86.3 Å². The average molecular weight is 925 g/mol. The molecule has 10 N–H and O–H groups in total. The normalized spacial score (nSPS) is 15.6. The number of nitrogens with one attached hydrogen (secondary N) is 5. The minimum absolute atomic E-state index is 0.116. The fourth-order valence-electron chi connectivity index (χ4n) is 8.06. The van der Waals surface area contributed by atoms with Crippen molar-refractivity contribution >= 4 is 70.7 Å². The van der Waals surface area contributed by atoms with Crippen LogP contribution < -0.4 is 38.1 Å². The Morgan fingerprint density at radius 1 is 0.910 bits per heavy atom. The number of imide groups is 1. The lowest BCUT2D eigenvalue weighted by molar-refractivity contribution is -0.137. The molecule has 2 aliphatic heterocycles. The van der Waals surface area contributed by atoms with Gasteiger partial charge < -0.3 is 48.1 Å². The lowest BCUT2D eigenvalue weighted by atomic mass is 9.92. The summed E-state index contributed by atoms with van der Waals surface area (Å²) < 4.78 is 0. The predicted octanol–water partition coefficient (Wildman–Crippen LogP) is 2.54. The highest BCUT2D eigenvalue weighted by atomic mass is 16.3. The number of rotatable bonds is 25. The molecule has 0 spiro atoms. The Morgan fingerprint density at radius 2 is 1.66 bits per heavy atom. The Labute approximate surface area is 390 Å². The zero-order valence-electron chi connectivity index (χ0n) is 38.5. The predicted molar refractivity (Wildman–Crippen MR) is 252 cm³/mol. The maximum atomic E-state index is 13.8. The monoisotopic (exact) mass is 924 g/mol. The molecule has 0 bridgehead atoms. The minimum Gasteiger partial charge on any atom is -0.395 e. The van der Waals surface area contributed by atoms with E-state index in [-0.39, 0.29) is 93.3 Å². The van der Waals surface area contributed by atoms with Crippen molar-refractivity contribution in [2.75, 3.05) is 38.1 Å². The van der Waals surface area contributed by atoms with Crippen molar-refractivity contribution in [3.8, 4) is 0 Å². The fraction of sp³-hybridized carbons (Fsp3) is 0.479. The highest BCUT2D eigenvalue weighted by molar-refractivity contribution is 6.13. The molecule has 2 aromatic carbocycles. The maximum absolute atomic E-state index is 13.8. The molecule has 1 fully saturated rings. The lowest BCUT2D eigenvalue weighted by Crippen LogP contribution is -2.54. The second kappa shape index (κ2) is 24.0. The van der Waals surface area contributed by atoms with Gasteiger partial charge in [0.25, 0.3) is 11.8 Å². The summed E-state index contributed by atoms with van der Waals surface area (Å²) in [6, 6.07) is 9.74. The van der Waals surface area contributed by atoms with Crippen molar-refractivity contribution in [1.29, 1.82) is 0 Å². The zero-order chi connectivity index (χ0) is 48.7. The number of anilines is 1. The molecule has 0 radical (unpaired) electrons. The van der Waals surface area contributed by atoms with E-state index in [1.54, 1.807) is 49.1 Å². The van der Waals surface area contributed by atoms with Crippen LogP contribution in [-0.4, -0.2) is 113 Å². The van der Waals surface area contributed by atoms with Gasteiger partial charge in [-0.25, -0.2) is 9.79 Å². The van der Waals surface area contributed by atoms with Crippen LogP contribution in [0.25, 0.3) is 6.08 Å². The Kier molecular flexibility index (Phi) is 18.3. The summed E-state index contributed by atoms with van der Waals surface area (Å²) >= 11 is 0. The Morgan fingerprint density at radius 3 is 2.33 bits per heavy atom. The van der Waals surface area contributed by atoms with Crippen LogP contribution >= 0.6 is 0 Å². The van der Waals surface area contributed by atoms with Crippen molar-refractivity contribution in [2.24, 2.45) is 22.4 Å². The van der Waals surface area contributed by atoms with Gasteiger partial charge in [0.2, 0.25) is 29.5 Å². The number of nitrogens with zero attached hydrogens (tertiary/aromatic N) is 3. The van der Waals surface area contributed by atoms with Crippen LogP contribution in [-0.2, 0) is 45.5 Å². The molecule has 2 heterocycles. The number of urea groups is 1. The molecular formula is C48H64N10O9. The summed E-state index contributed by atoms with van der Waals surface area (Å²) in [5.41, 5.74) is 14.3. The van der Waals surface area contributed by atoms with E-state index >= 15 is 0 Å². The number of nitrogens with two attached hydrogens (primary N) is 2. The molecule has 0 unspecified atom stereocenters. The fourth-order valence-corrected chi connectivity index (χ4v) is 8.06. The number of carbonyl (C=O) groups excluding carboxylic acids is 8. The molecule has 19 heteroatoms. The lowest BCUT2D eigenvalue weighted by Gasteiger charge is -2.25. The van der Waals surface area contributed by atoms with Crippen LogP contribution in [0.2, 0.25) is 0 Å². The second-order valence-corrected chi connectivity index (χ2v) is 17.4. The summed E-state index contributed by atoms with van der Waals surface area (Å²) in [5, 5.41) is 23.4. The van der Waals surface area contributed by atoms with Gasteiger partial charge in [0, 0.05) is 74.5 Å². The van der Waals surface area contributed by atoms with Gasteiger partial charge in [0.1, 0.15) is 17.9 Å². The van der Waals surface area contributed by atoms with E-state index in [0.717, 1.165) is 16.9 Å². The Hall–Kier alpha value is -6.89. The quantitative estimate of drug-likeness (QED) is 0.0532. The first kappa shape index (κ1) is 51.1. The number of amidine groups is 1. The van der Waals surface area contributed by atoms with Gasteiger partial charge in [-0.15, -0.1) is 0 Å². The summed E-state index contributed by atoms with van der Waals surface area (Å²) in [7, 11) is 0. The van der Waals surface area contributed by atoms with Crippen LogP contribution in [0.15, 0.2) is 65.2 Å². The van der Waals surface area contributed by atoms with E-state index in [1.165, 1.54) is 12.2 Å². The van der Waals surface area contributed by atoms with E-state index in [9.17, 15) is 43.5 Å². The number of aliphatic imine (C=N–C) groups is 1. The number of hydrogen-bond acceptors (Lipinski definition) is 11. The number of amides is 9. The largest absolute Gasteiger partial charge is 0.395 e. The molecular weight excluding hydrogens is 861 g/mol. The molecule has 67 heavy (non-hydrogen) atoms. The van der Waals surface area contributed by atoms with E-state index in [4.69, 9.17) is 11.5 Å². The van der Waals surface area contributed by atoms with E-state index in [1.807, 2.05) is 25.1 Å². The number of aliphatic hydroxyl groups is 1. The minimum atomic E-state index is -1.06. The summed E-state index contributed by atoms with van der Waals surface area (Å²) in [6.07, 6.45) is 8.47. The van der Waals surface area contributed by atoms with Crippen LogP contribution in [0.5, 0.6) is 0 Å². The van der Waals surface area contributed by atoms with Gasteiger partial charge in [-0.3, -0.25) is 38.5 Å². The third-order valence-electron chi connectivity index (χ3n) is 11.9. The zero-order valence-corrected chi connectivity index (χ0v) is 38.5. The van der Waals surface area contributed by atoms with Gasteiger partial charge in [0.05, 0.1) is 17.7 Å². The van der Waals surface area contributed by atoms with Crippen LogP contribution in [0.3, 0.4) is 0 Å². The van der Waals surface area contributed by atoms with Gasteiger partial charge in [-0.1, -0.05) is 51.5 Å². The number of primary amides is 1. The first-order chi connectivity index (χ1) is 32.0. The number of benzene rings is 2. The van der Waals surface area contributed by atoms with Crippen LogP contribution in [0.1, 0.15) is 102 Å². The van der Waals surface area contributed by atoms with Crippen LogP contribution in [0, 0.1) is 5.92 Å². The van der Waals surface area contributed by atoms with E-state index < -0.39 is 35.3 Å². The Balaban J connectivity index is 1.18. The number of aliphatic hydroxyl groups excluding tert-OH is 1. The molecule has 2 atom stereocenters. The van der Waals surface area contributed by atoms with Crippen molar-refractivity contribution in [3.05, 3.63) is 76.9 Å². The van der Waals surface area contributed by atoms with E-state index in [2.05, 4.69) is 31.6 Å². The molecule has 5 rings (SSSR count). The topological polar surface area (TPSA) is 288 Å². The average Bonchev–Trinajstić information content (AvgIpc) is 4.07. The molecule has 0 saturated heterocycles. The summed E-state index contributed by atoms with van der Waals surface area (Å²) in [6.45, 7) is 6.62. The Bertz CT molecular complexity index is 2260. The maximum Gasteiger partial charge on any atom is 0.312 e. The molecule has 1 aliphatic carbocycles. The SMILES string of the molecule is CCCN(CCO)C(=O)C1=Cc2ccc(C3(C(=O)NCc4cccc(NC(=O)[C@H](CCCNC(N)=O)NC(=O)[C@@H](NC(=O)CCCCCN5C(=O)C=CC5=O)C(C)C)c4)CC3)cc2N=C(N)C1. The highest BCUT2D eigenvalue weighted by Crippen LogP contribution is 2.50. The molecule has 2 aromatic rings. The third-order valence-corrected chi connectivity index (χ3v) is 11.9.